The van der Waals surface area contributed by atoms with Gasteiger partial charge in [-0.05, 0) is 38.5 Å². The van der Waals surface area contributed by atoms with Crippen LogP contribution in [0.15, 0.2) is 0 Å². The molecule has 0 spiro atoms. The van der Waals surface area contributed by atoms with Crippen LogP contribution in [0.1, 0.15) is 51.4 Å². The minimum atomic E-state index is 0.249. The van der Waals surface area contributed by atoms with Gasteiger partial charge in [-0.1, -0.05) is 12.8 Å². The van der Waals surface area contributed by atoms with Crippen LogP contribution in [0, 0.1) is 5.92 Å². The normalized spacial score (nSPS) is 24.8. The Kier molecular flexibility index (Phi) is 5.34. The van der Waals surface area contributed by atoms with Gasteiger partial charge in [-0.3, -0.25) is 14.5 Å². The Morgan fingerprint density at radius 2 is 1.50 bits per heavy atom. The lowest BCUT2D eigenvalue weighted by atomic mass is 10.0. The van der Waals surface area contributed by atoms with E-state index in [1.54, 1.807) is 0 Å². The van der Waals surface area contributed by atoms with Crippen molar-refractivity contribution in [1.29, 1.82) is 0 Å². The van der Waals surface area contributed by atoms with Crippen LogP contribution in [-0.4, -0.2) is 60.4 Å². The van der Waals surface area contributed by atoms with E-state index in [4.69, 9.17) is 0 Å². The van der Waals surface area contributed by atoms with Crippen LogP contribution in [0.3, 0.4) is 0 Å². The first kappa shape index (κ1) is 15.8. The molecule has 1 saturated carbocycles. The number of hydrogen-bond acceptors (Lipinski definition) is 3. The molecule has 2 saturated heterocycles. The molecule has 3 rings (SSSR count). The monoisotopic (exact) mass is 307 g/mol. The molecule has 2 amide bonds. The van der Waals surface area contributed by atoms with Gasteiger partial charge in [0.1, 0.15) is 0 Å². The lowest BCUT2D eigenvalue weighted by molar-refractivity contribution is -0.133. The van der Waals surface area contributed by atoms with Crippen LogP contribution in [0.4, 0.5) is 0 Å². The second-order valence-corrected chi connectivity index (χ2v) is 7.13. The summed E-state index contributed by atoms with van der Waals surface area (Å²) in [6.07, 6.45) is 8.91. The van der Waals surface area contributed by atoms with E-state index >= 15 is 0 Å². The van der Waals surface area contributed by atoms with Gasteiger partial charge in [0.25, 0.3) is 0 Å². The minimum absolute atomic E-state index is 0.249. The number of nitrogens with one attached hydrogen (secondary N) is 1. The Bertz CT molecular complexity index is 393. The molecule has 2 aliphatic heterocycles. The fourth-order valence-corrected chi connectivity index (χ4v) is 3.51. The zero-order valence-corrected chi connectivity index (χ0v) is 13.6. The molecule has 22 heavy (non-hydrogen) atoms. The minimum Gasteiger partial charge on any atom is -0.353 e. The summed E-state index contributed by atoms with van der Waals surface area (Å²) < 4.78 is 0. The number of nitrogens with zero attached hydrogens (tertiary/aromatic N) is 2. The molecule has 0 atom stereocenters. The molecule has 0 bridgehead atoms. The third kappa shape index (κ3) is 4.45. The fourth-order valence-electron chi connectivity index (χ4n) is 3.51. The molecule has 0 aromatic heterocycles. The van der Waals surface area contributed by atoms with E-state index in [1.807, 2.05) is 4.90 Å². The number of piperidine rings is 1. The quantitative estimate of drug-likeness (QED) is 0.854. The maximum Gasteiger partial charge on any atom is 0.236 e. The number of carbonyl (C=O) groups excluding carboxylic acids is 2. The molecule has 124 valence electrons. The van der Waals surface area contributed by atoms with Gasteiger partial charge >= 0.3 is 0 Å². The highest BCUT2D eigenvalue weighted by atomic mass is 16.2. The summed E-state index contributed by atoms with van der Waals surface area (Å²) in [6, 6.07) is 0.317. The first-order valence-electron chi connectivity index (χ1n) is 9.03. The second kappa shape index (κ2) is 7.44. The molecule has 0 aromatic carbocycles. The van der Waals surface area contributed by atoms with Gasteiger partial charge in [0, 0.05) is 38.1 Å². The number of rotatable bonds is 4. The topological polar surface area (TPSA) is 52.7 Å². The molecule has 1 N–H and O–H groups in total. The molecule has 0 aromatic rings. The SMILES string of the molecule is O=C(NC1CCN(CC(=O)N2CCCCCC2)CC1)C1CC1. The average Bonchev–Trinajstić information content (AvgIpc) is 3.36. The summed E-state index contributed by atoms with van der Waals surface area (Å²) in [7, 11) is 0. The standard InChI is InChI=1S/C17H29N3O2/c21-16(20-9-3-1-2-4-10-20)13-19-11-7-15(8-12-19)18-17(22)14-5-6-14/h14-15H,1-13H2,(H,18,22). The molecule has 0 unspecified atom stereocenters. The fraction of sp³-hybridized carbons (Fsp3) is 0.882. The number of hydrogen-bond donors (Lipinski definition) is 1. The van der Waals surface area contributed by atoms with Gasteiger partial charge in [-0.25, -0.2) is 0 Å². The van der Waals surface area contributed by atoms with E-state index in [2.05, 4.69) is 10.2 Å². The van der Waals surface area contributed by atoms with Gasteiger partial charge < -0.3 is 10.2 Å². The van der Waals surface area contributed by atoms with Crippen molar-refractivity contribution in [3.05, 3.63) is 0 Å². The average molecular weight is 307 g/mol. The molecular formula is C17H29N3O2. The Labute approximate surface area is 133 Å². The van der Waals surface area contributed by atoms with Crippen LogP contribution in [0.25, 0.3) is 0 Å². The molecule has 5 nitrogen and oxygen atoms in total. The van der Waals surface area contributed by atoms with Crippen LogP contribution in [-0.2, 0) is 9.59 Å². The molecule has 3 aliphatic rings. The number of carbonyl (C=O) groups is 2. The summed E-state index contributed by atoms with van der Waals surface area (Å²) in [5, 5.41) is 3.17. The first-order chi connectivity index (χ1) is 10.7. The van der Waals surface area contributed by atoms with Gasteiger partial charge in [-0.2, -0.15) is 0 Å². The molecule has 0 radical (unpaired) electrons. The lowest BCUT2D eigenvalue weighted by Gasteiger charge is -2.33. The van der Waals surface area contributed by atoms with Gasteiger partial charge in [0.2, 0.25) is 11.8 Å². The Morgan fingerprint density at radius 3 is 2.09 bits per heavy atom. The third-order valence-corrected chi connectivity index (χ3v) is 5.20. The van der Waals surface area contributed by atoms with E-state index in [0.717, 1.165) is 64.7 Å². The van der Waals surface area contributed by atoms with Gasteiger partial charge in [-0.15, -0.1) is 0 Å². The van der Waals surface area contributed by atoms with Crippen molar-refractivity contribution in [2.75, 3.05) is 32.7 Å². The second-order valence-electron chi connectivity index (χ2n) is 7.13. The van der Waals surface area contributed by atoms with E-state index in [0.29, 0.717) is 24.4 Å². The van der Waals surface area contributed by atoms with Crippen molar-refractivity contribution in [3.8, 4) is 0 Å². The predicted octanol–water partition coefficient (Wildman–Crippen LogP) is 1.38. The Morgan fingerprint density at radius 1 is 0.864 bits per heavy atom. The zero-order chi connectivity index (χ0) is 15.4. The Balaban J connectivity index is 1.37. The highest BCUT2D eigenvalue weighted by Crippen LogP contribution is 2.29. The third-order valence-electron chi connectivity index (χ3n) is 5.20. The summed E-state index contributed by atoms with van der Waals surface area (Å²) in [6.45, 7) is 4.28. The van der Waals surface area contributed by atoms with Gasteiger partial charge in [0.15, 0.2) is 0 Å². The van der Waals surface area contributed by atoms with Crippen LogP contribution in [0.5, 0.6) is 0 Å². The summed E-state index contributed by atoms with van der Waals surface area (Å²) in [4.78, 5) is 28.5. The van der Waals surface area contributed by atoms with E-state index < -0.39 is 0 Å². The van der Waals surface area contributed by atoms with Crippen molar-refractivity contribution in [2.24, 2.45) is 5.92 Å². The Hall–Kier alpha value is -1.10. The summed E-state index contributed by atoms with van der Waals surface area (Å²) in [5.74, 6) is 0.837. The van der Waals surface area contributed by atoms with Crippen molar-refractivity contribution in [2.45, 2.75) is 57.4 Å². The first-order valence-corrected chi connectivity index (χ1v) is 9.03. The van der Waals surface area contributed by atoms with E-state index in [9.17, 15) is 9.59 Å². The number of amides is 2. The van der Waals surface area contributed by atoms with Crippen molar-refractivity contribution < 1.29 is 9.59 Å². The lowest BCUT2D eigenvalue weighted by Crippen LogP contribution is -2.48. The molecular weight excluding hydrogens is 278 g/mol. The molecule has 1 aliphatic carbocycles. The van der Waals surface area contributed by atoms with E-state index in [1.165, 1.54) is 12.8 Å². The van der Waals surface area contributed by atoms with Crippen molar-refractivity contribution in [3.63, 3.8) is 0 Å². The summed E-state index contributed by atoms with van der Waals surface area (Å²) >= 11 is 0. The maximum atomic E-state index is 12.4. The molecule has 5 heteroatoms. The van der Waals surface area contributed by atoms with Crippen molar-refractivity contribution >= 4 is 11.8 Å². The van der Waals surface area contributed by atoms with Crippen LogP contribution < -0.4 is 5.32 Å². The maximum absolute atomic E-state index is 12.4. The molecule has 3 fully saturated rings. The van der Waals surface area contributed by atoms with Crippen LogP contribution >= 0.6 is 0 Å². The predicted molar refractivity (Wildman–Crippen MR) is 85.4 cm³/mol. The van der Waals surface area contributed by atoms with Crippen molar-refractivity contribution in [1.82, 2.24) is 15.1 Å². The summed E-state index contributed by atoms with van der Waals surface area (Å²) in [5.41, 5.74) is 0. The highest BCUT2D eigenvalue weighted by Gasteiger charge is 2.32. The highest BCUT2D eigenvalue weighted by molar-refractivity contribution is 5.81. The van der Waals surface area contributed by atoms with Crippen LogP contribution in [0.2, 0.25) is 0 Å². The molecule has 2 heterocycles. The largest absolute Gasteiger partial charge is 0.353 e. The zero-order valence-electron chi connectivity index (χ0n) is 13.6. The number of likely N-dealkylation sites (tertiary alicyclic amines) is 2. The van der Waals surface area contributed by atoms with Gasteiger partial charge in [0.05, 0.1) is 6.54 Å². The smallest absolute Gasteiger partial charge is 0.236 e. The van der Waals surface area contributed by atoms with E-state index in [-0.39, 0.29) is 5.91 Å².